The molecule has 2 aromatic rings. The first-order valence-corrected chi connectivity index (χ1v) is 9.27. The number of para-hydroxylation sites is 1. The maximum Gasteiger partial charge on any atom is 0.411 e. The van der Waals surface area contributed by atoms with E-state index in [1.54, 1.807) is 48.5 Å². The molecule has 2 amide bonds. The molecule has 0 heterocycles. The summed E-state index contributed by atoms with van der Waals surface area (Å²) in [4.78, 5) is 24.2. The molecule has 30 heavy (non-hydrogen) atoms. The summed E-state index contributed by atoms with van der Waals surface area (Å²) in [5.41, 5.74) is 1.70. The third-order valence-electron chi connectivity index (χ3n) is 3.89. The third kappa shape index (κ3) is 8.12. The van der Waals surface area contributed by atoms with Crippen LogP contribution in [0.1, 0.15) is 28.4 Å². The molecule has 2 aromatic carbocycles. The van der Waals surface area contributed by atoms with Crippen LogP contribution in [0.15, 0.2) is 48.5 Å². The molecule has 0 saturated heterocycles. The average molecular weight is 424 g/mol. The Morgan fingerprint density at radius 1 is 0.967 bits per heavy atom. The summed E-state index contributed by atoms with van der Waals surface area (Å²) in [6.45, 7) is 0.784. The van der Waals surface area contributed by atoms with Crippen LogP contribution in [0.25, 0.3) is 0 Å². The predicted octanol–water partition coefficient (Wildman–Crippen LogP) is 3.21. The van der Waals surface area contributed by atoms with E-state index in [-0.39, 0.29) is 25.6 Å². The van der Waals surface area contributed by atoms with Crippen LogP contribution in [-0.2, 0) is 22.7 Å². The van der Waals surface area contributed by atoms with Crippen LogP contribution in [0, 0.1) is 0 Å². The second kappa shape index (κ2) is 11.2. The number of halogens is 3. The number of nitrogens with one attached hydrogen (secondary N) is 2. The van der Waals surface area contributed by atoms with Gasteiger partial charge in [0.05, 0.1) is 25.3 Å². The number of rotatable bonds is 10. The third-order valence-corrected chi connectivity index (χ3v) is 3.89. The lowest BCUT2D eigenvalue weighted by atomic mass is 10.1. The van der Waals surface area contributed by atoms with Gasteiger partial charge in [0.1, 0.15) is 12.4 Å². The number of carbonyl (C=O) groups is 2. The first-order valence-electron chi connectivity index (χ1n) is 9.27. The summed E-state index contributed by atoms with van der Waals surface area (Å²) in [6, 6.07) is 13.4. The Kier molecular flexibility index (Phi) is 8.67. The lowest BCUT2D eigenvalue weighted by Crippen LogP contribution is -2.36. The Balaban J connectivity index is 1.75. The van der Waals surface area contributed by atoms with E-state index in [0.717, 1.165) is 5.56 Å². The summed E-state index contributed by atoms with van der Waals surface area (Å²) in [5.74, 6) is -0.357. The van der Waals surface area contributed by atoms with Gasteiger partial charge in [0, 0.05) is 6.54 Å². The minimum Gasteiger partial charge on any atom is -0.493 e. The molecule has 9 heteroatoms. The van der Waals surface area contributed by atoms with Gasteiger partial charge in [-0.2, -0.15) is 13.2 Å². The lowest BCUT2D eigenvalue weighted by molar-refractivity contribution is -0.176. The molecule has 2 rings (SSSR count). The first-order chi connectivity index (χ1) is 14.3. The monoisotopic (exact) mass is 424 g/mol. The summed E-state index contributed by atoms with van der Waals surface area (Å²) in [7, 11) is 0. The van der Waals surface area contributed by atoms with Crippen LogP contribution in [0.5, 0.6) is 5.75 Å². The van der Waals surface area contributed by atoms with Crippen LogP contribution >= 0.6 is 0 Å². The van der Waals surface area contributed by atoms with Gasteiger partial charge in [-0.05, 0) is 30.2 Å². The minimum atomic E-state index is -4.36. The summed E-state index contributed by atoms with van der Waals surface area (Å²) >= 11 is 0. The second-order valence-corrected chi connectivity index (χ2v) is 6.31. The van der Waals surface area contributed by atoms with Gasteiger partial charge in [0.25, 0.3) is 5.91 Å². The van der Waals surface area contributed by atoms with E-state index >= 15 is 0 Å². The lowest BCUT2D eigenvalue weighted by Gasteiger charge is -2.11. The highest BCUT2D eigenvalue weighted by atomic mass is 19.4. The number of amides is 2. The van der Waals surface area contributed by atoms with Crippen molar-refractivity contribution in [2.45, 2.75) is 26.3 Å². The quantitative estimate of drug-likeness (QED) is 0.614. The van der Waals surface area contributed by atoms with Gasteiger partial charge in [-0.1, -0.05) is 36.4 Å². The Labute approximate surface area is 172 Å². The zero-order valence-electron chi connectivity index (χ0n) is 16.4. The zero-order chi connectivity index (χ0) is 22.0. The normalized spacial score (nSPS) is 11.1. The molecule has 0 bridgehead atoms. The van der Waals surface area contributed by atoms with Crippen molar-refractivity contribution in [3.8, 4) is 5.75 Å². The van der Waals surface area contributed by atoms with Crippen LogP contribution < -0.4 is 15.4 Å². The maximum atomic E-state index is 12.3. The van der Waals surface area contributed by atoms with Crippen molar-refractivity contribution in [3.05, 3.63) is 65.2 Å². The van der Waals surface area contributed by atoms with E-state index in [2.05, 4.69) is 15.4 Å². The highest BCUT2D eigenvalue weighted by molar-refractivity contribution is 5.98. The molecule has 2 N–H and O–H groups in total. The second-order valence-electron chi connectivity index (χ2n) is 6.31. The zero-order valence-corrected chi connectivity index (χ0v) is 16.4. The van der Waals surface area contributed by atoms with E-state index in [1.807, 2.05) is 6.92 Å². The van der Waals surface area contributed by atoms with Crippen LogP contribution in [-0.4, -0.2) is 37.7 Å². The van der Waals surface area contributed by atoms with Crippen molar-refractivity contribution >= 4 is 11.8 Å². The van der Waals surface area contributed by atoms with E-state index in [1.165, 1.54) is 0 Å². The highest BCUT2D eigenvalue weighted by Crippen LogP contribution is 2.17. The van der Waals surface area contributed by atoms with Gasteiger partial charge in [-0.15, -0.1) is 0 Å². The molecule has 0 aromatic heterocycles. The fourth-order valence-corrected chi connectivity index (χ4v) is 2.49. The van der Waals surface area contributed by atoms with Gasteiger partial charge in [-0.25, -0.2) is 0 Å². The molecule has 0 spiro atoms. The molecule has 0 unspecified atom stereocenters. The molecule has 0 radical (unpaired) electrons. The Morgan fingerprint density at radius 2 is 1.63 bits per heavy atom. The minimum absolute atomic E-state index is 0.151. The van der Waals surface area contributed by atoms with Crippen molar-refractivity contribution in [2.24, 2.45) is 0 Å². The molecule has 0 saturated carbocycles. The van der Waals surface area contributed by atoms with Crippen molar-refractivity contribution in [3.63, 3.8) is 0 Å². The SMILES string of the molecule is CCOc1ccccc1C(=O)NCC(=O)NCc1ccc(COCC(F)(F)F)cc1. The predicted molar refractivity (Wildman–Crippen MR) is 104 cm³/mol. The number of benzene rings is 2. The molecule has 0 fully saturated rings. The molecule has 0 aliphatic carbocycles. The van der Waals surface area contributed by atoms with E-state index in [9.17, 15) is 22.8 Å². The highest BCUT2D eigenvalue weighted by Gasteiger charge is 2.27. The summed E-state index contributed by atoms with van der Waals surface area (Å²) in [6.07, 6.45) is -4.36. The van der Waals surface area contributed by atoms with Crippen LogP contribution in [0.4, 0.5) is 13.2 Å². The topological polar surface area (TPSA) is 76.7 Å². The number of ether oxygens (including phenoxy) is 2. The van der Waals surface area contributed by atoms with Gasteiger partial charge < -0.3 is 20.1 Å². The van der Waals surface area contributed by atoms with Crippen molar-refractivity contribution < 1.29 is 32.2 Å². The van der Waals surface area contributed by atoms with Gasteiger partial charge in [0.15, 0.2) is 0 Å². The summed E-state index contributed by atoms with van der Waals surface area (Å²) in [5, 5.41) is 5.20. The fourth-order valence-electron chi connectivity index (χ4n) is 2.49. The Hall–Kier alpha value is -3.07. The van der Waals surface area contributed by atoms with Crippen molar-refractivity contribution in [1.82, 2.24) is 10.6 Å². The van der Waals surface area contributed by atoms with Crippen molar-refractivity contribution in [1.29, 1.82) is 0 Å². The Bertz CT molecular complexity index is 839. The van der Waals surface area contributed by atoms with E-state index in [4.69, 9.17) is 4.74 Å². The smallest absolute Gasteiger partial charge is 0.411 e. The fraction of sp³-hybridized carbons (Fsp3) is 0.333. The van der Waals surface area contributed by atoms with Gasteiger partial charge in [0.2, 0.25) is 5.91 Å². The van der Waals surface area contributed by atoms with Crippen LogP contribution in [0.2, 0.25) is 0 Å². The molecule has 0 atom stereocenters. The molecule has 0 aliphatic rings. The Morgan fingerprint density at radius 3 is 2.30 bits per heavy atom. The maximum absolute atomic E-state index is 12.3. The average Bonchev–Trinajstić information content (AvgIpc) is 2.71. The van der Waals surface area contributed by atoms with Gasteiger partial charge >= 0.3 is 6.18 Å². The van der Waals surface area contributed by atoms with E-state index in [0.29, 0.717) is 23.5 Å². The number of carbonyl (C=O) groups excluding carboxylic acids is 2. The van der Waals surface area contributed by atoms with Crippen molar-refractivity contribution in [2.75, 3.05) is 19.8 Å². The number of hydrogen-bond donors (Lipinski definition) is 2. The first kappa shape index (κ1) is 23.2. The number of alkyl halides is 3. The van der Waals surface area contributed by atoms with Gasteiger partial charge in [-0.3, -0.25) is 9.59 Å². The number of hydrogen-bond acceptors (Lipinski definition) is 4. The van der Waals surface area contributed by atoms with Crippen LogP contribution in [0.3, 0.4) is 0 Å². The molecular formula is C21H23F3N2O4. The molecule has 0 aliphatic heterocycles. The standard InChI is InChI=1S/C21H23F3N2O4/c1-2-30-18-6-4-3-5-17(18)20(28)26-12-19(27)25-11-15-7-9-16(10-8-15)13-29-14-21(22,23)24/h3-10H,2,11-14H2,1H3,(H,25,27)(H,26,28). The molecule has 6 nitrogen and oxygen atoms in total. The van der Waals surface area contributed by atoms with E-state index < -0.39 is 18.7 Å². The largest absolute Gasteiger partial charge is 0.493 e. The molecular weight excluding hydrogens is 401 g/mol. The molecule has 162 valence electrons. The summed E-state index contributed by atoms with van der Waals surface area (Å²) < 4.78 is 46.2.